The summed E-state index contributed by atoms with van der Waals surface area (Å²) in [5.74, 6) is 0. The Bertz CT molecular complexity index is 779. The number of hydrogen-bond donors (Lipinski definition) is 0. The summed E-state index contributed by atoms with van der Waals surface area (Å²) in [5, 5.41) is 0. The zero-order valence-electron chi connectivity index (χ0n) is 19.5. The van der Waals surface area contributed by atoms with Crippen molar-refractivity contribution in [2.45, 2.75) is 71.4 Å². The van der Waals surface area contributed by atoms with E-state index in [1.165, 1.54) is 11.1 Å². The minimum absolute atomic E-state index is 0.110. The van der Waals surface area contributed by atoms with Gasteiger partial charge < -0.3 is 9.47 Å². The summed E-state index contributed by atoms with van der Waals surface area (Å²) in [5.41, 5.74) is 1.43. The van der Waals surface area contributed by atoms with E-state index in [-0.39, 0.29) is 12.1 Å². The Hall–Kier alpha value is -2.37. The van der Waals surface area contributed by atoms with E-state index < -0.39 is 11.3 Å². The lowest BCUT2D eigenvalue weighted by Gasteiger charge is -2.37. The highest BCUT2D eigenvalue weighted by Crippen LogP contribution is 2.35. The van der Waals surface area contributed by atoms with Gasteiger partial charge in [0.15, 0.2) is 0 Å². The Labute approximate surface area is 187 Å². The van der Waals surface area contributed by atoms with Gasteiger partial charge in [0, 0.05) is 19.1 Å². The summed E-state index contributed by atoms with van der Waals surface area (Å²) in [4.78, 5) is 17.2. The summed E-state index contributed by atoms with van der Waals surface area (Å²) in [6.07, 6.45) is 0.571. The van der Waals surface area contributed by atoms with Crippen molar-refractivity contribution < 1.29 is 14.3 Å². The molecule has 1 saturated heterocycles. The van der Waals surface area contributed by atoms with E-state index in [0.29, 0.717) is 13.2 Å². The van der Waals surface area contributed by atoms with Crippen LogP contribution in [0.1, 0.15) is 52.2 Å². The van der Waals surface area contributed by atoms with Crippen molar-refractivity contribution >= 4 is 6.09 Å². The van der Waals surface area contributed by atoms with Crippen LogP contribution in [0.4, 0.5) is 4.79 Å². The van der Waals surface area contributed by atoms with Gasteiger partial charge in [-0.3, -0.25) is 9.80 Å². The van der Waals surface area contributed by atoms with Crippen molar-refractivity contribution in [3.63, 3.8) is 0 Å². The average Bonchev–Trinajstić information content (AvgIpc) is 2.97. The van der Waals surface area contributed by atoms with Crippen LogP contribution in [0, 0.1) is 0 Å². The SMILES string of the molecule is CC[C@H](COC(=O)N1C(C)(C)COC1(C)C)N(Cc1ccccc1)Cc1ccccc1. The predicted octanol–water partition coefficient (Wildman–Crippen LogP) is 5.45. The number of carbonyl (C=O) groups is 1. The first kappa shape index (κ1) is 23.3. The second-order valence-corrected chi connectivity index (χ2v) is 9.40. The van der Waals surface area contributed by atoms with E-state index >= 15 is 0 Å². The highest BCUT2D eigenvalue weighted by molar-refractivity contribution is 5.70. The predicted molar refractivity (Wildman–Crippen MR) is 124 cm³/mol. The summed E-state index contributed by atoms with van der Waals surface area (Å²) >= 11 is 0. The van der Waals surface area contributed by atoms with E-state index in [4.69, 9.17) is 9.47 Å². The van der Waals surface area contributed by atoms with Gasteiger partial charge >= 0.3 is 6.09 Å². The van der Waals surface area contributed by atoms with Crippen LogP contribution in [0.5, 0.6) is 0 Å². The van der Waals surface area contributed by atoms with Crippen molar-refractivity contribution in [1.82, 2.24) is 9.80 Å². The van der Waals surface area contributed by atoms with Crippen LogP contribution in [0.3, 0.4) is 0 Å². The monoisotopic (exact) mass is 424 g/mol. The Morgan fingerprint density at radius 1 is 1.00 bits per heavy atom. The molecule has 2 aromatic carbocycles. The number of amides is 1. The van der Waals surface area contributed by atoms with Crippen LogP contribution in [-0.4, -0.2) is 46.4 Å². The van der Waals surface area contributed by atoms with Gasteiger partial charge in [-0.1, -0.05) is 67.6 Å². The second kappa shape index (κ2) is 9.84. The van der Waals surface area contributed by atoms with Gasteiger partial charge in [0.2, 0.25) is 0 Å². The molecule has 0 bridgehead atoms. The molecule has 0 saturated carbocycles. The van der Waals surface area contributed by atoms with Crippen molar-refractivity contribution in [2.24, 2.45) is 0 Å². The summed E-state index contributed by atoms with van der Waals surface area (Å²) in [7, 11) is 0. The number of ether oxygens (including phenoxy) is 2. The molecule has 1 aliphatic heterocycles. The van der Waals surface area contributed by atoms with Gasteiger partial charge in [0.05, 0.1) is 12.1 Å². The highest BCUT2D eigenvalue weighted by atomic mass is 16.6. The van der Waals surface area contributed by atoms with Crippen LogP contribution >= 0.6 is 0 Å². The molecule has 2 aromatic rings. The maximum Gasteiger partial charge on any atom is 0.412 e. The van der Waals surface area contributed by atoms with E-state index in [9.17, 15) is 4.79 Å². The minimum atomic E-state index is -0.671. The average molecular weight is 425 g/mol. The van der Waals surface area contributed by atoms with E-state index in [2.05, 4.69) is 60.4 Å². The topological polar surface area (TPSA) is 42.0 Å². The van der Waals surface area contributed by atoms with Crippen molar-refractivity contribution in [3.05, 3.63) is 71.8 Å². The third kappa shape index (κ3) is 5.86. The van der Waals surface area contributed by atoms with Crippen LogP contribution in [0.2, 0.25) is 0 Å². The lowest BCUT2D eigenvalue weighted by Crippen LogP contribution is -2.53. The first-order valence-corrected chi connectivity index (χ1v) is 11.2. The van der Waals surface area contributed by atoms with E-state index in [0.717, 1.165) is 19.5 Å². The molecule has 0 radical (unpaired) electrons. The Kier molecular flexibility index (Phi) is 7.39. The van der Waals surface area contributed by atoms with E-state index in [1.807, 2.05) is 39.8 Å². The van der Waals surface area contributed by atoms with Crippen LogP contribution < -0.4 is 0 Å². The number of nitrogens with zero attached hydrogens (tertiary/aromatic N) is 2. The lowest BCUT2D eigenvalue weighted by atomic mass is 10.0. The molecule has 1 fully saturated rings. The summed E-state index contributed by atoms with van der Waals surface area (Å²) < 4.78 is 11.7. The van der Waals surface area contributed by atoms with Crippen LogP contribution in [0.15, 0.2) is 60.7 Å². The van der Waals surface area contributed by atoms with Crippen molar-refractivity contribution in [2.75, 3.05) is 13.2 Å². The van der Waals surface area contributed by atoms with Crippen molar-refractivity contribution in [3.8, 4) is 0 Å². The normalized spacial score (nSPS) is 18.2. The molecule has 1 atom stereocenters. The smallest absolute Gasteiger partial charge is 0.412 e. The molecule has 0 N–H and O–H groups in total. The zero-order valence-corrected chi connectivity index (χ0v) is 19.5. The Morgan fingerprint density at radius 2 is 1.52 bits per heavy atom. The molecule has 3 rings (SSSR count). The Morgan fingerprint density at radius 3 is 1.94 bits per heavy atom. The first-order valence-electron chi connectivity index (χ1n) is 11.2. The molecule has 5 heteroatoms. The quantitative estimate of drug-likeness (QED) is 0.565. The second-order valence-electron chi connectivity index (χ2n) is 9.40. The maximum atomic E-state index is 13.0. The molecule has 1 aliphatic rings. The van der Waals surface area contributed by atoms with Crippen molar-refractivity contribution in [1.29, 1.82) is 0 Å². The molecule has 1 heterocycles. The molecule has 1 amide bonds. The first-order chi connectivity index (χ1) is 14.7. The molecule has 0 aliphatic carbocycles. The fourth-order valence-corrected chi connectivity index (χ4v) is 4.34. The molecule has 168 valence electrons. The maximum absolute atomic E-state index is 13.0. The van der Waals surface area contributed by atoms with Gasteiger partial charge in [-0.25, -0.2) is 4.79 Å². The molecular formula is C26H36N2O3. The van der Waals surface area contributed by atoms with Gasteiger partial charge in [-0.05, 0) is 45.2 Å². The van der Waals surface area contributed by atoms with Gasteiger partial charge in [-0.2, -0.15) is 0 Å². The summed E-state index contributed by atoms with van der Waals surface area (Å²) in [6.45, 7) is 12.4. The standard InChI is InChI=1S/C26H36N2O3/c1-6-23(19-30-24(29)28-25(2,3)20-31-26(28,4)5)27(17-21-13-9-7-10-14-21)18-22-15-11-8-12-16-22/h7-16,23H,6,17-20H2,1-5H3/t23-/m1/s1. The molecule has 31 heavy (non-hydrogen) atoms. The highest BCUT2D eigenvalue weighted by Gasteiger charge is 2.49. The molecule has 0 unspecified atom stereocenters. The molecule has 5 nitrogen and oxygen atoms in total. The molecule has 0 aromatic heterocycles. The van der Waals surface area contributed by atoms with E-state index in [1.54, 1.807) is 4.90 Å². The van der Waals surface area contributed by atoms with Crippen LogP contribution in [-0.2, 0) is 22.6 Å². The Balaban J connectivity index is 1.73. The zero-order chi connectivity index (χ0) is 22.5. The number of rotatable bonds is 8. The fraction of sp³-hybridized carbons (Fsp3) is 0.500. The minimum Gasteiger partial charge on any atom is -0.448 e. The summed E-state index contributed by atoms with van der Waals surface area (Å²) in [6, 6.07) is 21.0. The van der Waals surface area contributed by atoms with Crippen LogP contribution in [0.25, 0.3) is 0 Å². The number of benzene rings is 2. The van der Waals surface area contributed by atoms with Gasteiger partial charge in [0.1, 0.15) is 12.3 Å². The largest absolute Gasteiger partial charge is 0.448 e. The fourth-order valence-electron chi connectivity index (χ4n) is 4.34. The van der Waals surface area contributed by atoms with Gasteiger partial charge in [-0.15, -0.1) is 0 Å². The number of carbonyl (C=O) groups excluding carboxylic acids is 1. The molecular weight excluding hydrogens is 388 g/mol. The van der Waals surface area contributed by atoms with Gasteiger partial charge in [0.25, 0.3) is 0 Å². The third-order valence-electron chi connectivity index (χ3n) is 5.95. The molecule has 0 spiro atoms. The third-order valence-corrected chi connectivity index (χ3v) is 5.95. The number of hydrogen-bond acceptors (Lipinski definition) is 4. The lowest BCUT2D eigenvalue weighted by molar-refractivity contribution is -0.0553.